The first-order chi connectivity index (χ1) is 20.9. The van der Waals surface area contributed by atoms with Crippen LogP contribution in [0.15, 0.2) is 96.2 Å². The lowest BCUT2D eigenvalue weighted by Gasteiger charge is -2.44. The van der Waals surface area contributed by atoms with Gasteiger partial charge in [0.05, 0.1) is 40.6 Å². The summed E-state index contributed by atoms with van der Waals surface area (Å²) in [5, 5.41) is 25.1. The second-order valence-electron chi connectivity index (χ2n) is 9.81. The van der Waals surface area contributed by atoms with Crippen LogP contribution in [0.25, 0.3) is 0 Å². The third-order valence-electron chi connectivity index (χ3n) is 6.98. The molecule has 0 unspecified atom stereocenters. The minimum absolute atomic E-state index is 0.0366. The summed E-state index contributed by atoms with van der Waals surface area (Å²) in [5.74, 6) is -2.75. The first-order valence-electron chi connectivity index (χ1n) is 13.6. The van der Waals surface area contributed by atoms with Crippen molar-refractivity contribution < 1.29 is 48.3 Å². The number of hydrogen-bond acceptors (Lipinski definition) is 11. The van der Waals surface area contributed by atoms with Crippen LogP contribution in [-0.4, -0.2) is 78.8 Å². The van der Waals surface area contributed by atoms with Crippen LogP contribution < -0.4 is 0 Å². The van der Waals surface area contributed by atoms with E-state index in [0.29, 0.717) is 0 Å². The molecule has 1 heterocycles. The van der Waals surface area contributed by atoms with Crippen LogP contribution in [0.2, 0.25) is 0 Å². The van der Waals surface area contributed by atoms with Crippen LogP contribution >= 0.6 is 0 Å². The van der Waals surface area contributed by atoms with E-state index < -0.39 is 42.0 Å². The van der Waals surface area contributed by atoms with E-state index in [1.54, 1.807) is 0 Å². The molecule has 0 spiro atoms. The molecule has 228 valence electrons. The fourth-order valence-electron chi connectivity index (χ4n) is 4.77. The SMILES string of the molecule is COC(=O)C(O)(C(=O)OC)[C@H]1O[C@H](COCc2ccccc2)[C@H](OCc2ccccc2)[C@H](OCc2ccccc2)/C1=N\O. The van der Waals surface area contributed by atoms with Gasteiger partial charge < -0.3 is 38.7 Å². The van der Waals surface area contributed by atoms with E-state index in [9.17, 15) is 19.9 Å². The average Bonchev–Trinajstić information content (AvgIpc) is 3.06. The Hall–Kier alpha value is -4.13. The number of aliphatic hydroxyl groups is 1. The van der Waals surface area contributed by atoms with Gasteiger partial charge >= 0.3 is 11.9 Å². The molecule has 0 amide bonds. The minimum Gasteiger partial charge on any atom is -0.466 e. The van der Waals surface area contributed by atoms with Crippen molar-refractivity contribution in [2.75, 3.05) is 20.8 Å². The molecule has 0 bridgehead atoms. The van der Waals surface area contributed by atoms with E-state index in [2.05, 4.69) is 5.16 Å². The van der Waals surface area contributed by atoms with Gasteiger partial charge in [0.25, 0.3) is 5.60 Å². The lowest BCUT2D eigenvalue weighted by molar-refractivity contribution is -0.220. The zero-order valence-electron chi connectivity index (χ0n) is 23.9. The summed E-state index contributed by atoms with van der Waals surface area (Å²) in [4.78, 5) is 25.8. The second kappa shape index (κ2) is 15.4. The molecule has 2 N–H and O–H groups in total. The number of carbonyl (C=O) groups excluding carboxylic acids is 2. The summed E-state index contributed by atoms with van der Waals surface area (Å²) < 4.78 is 34.2. The van der Waals surface area contributed by atoms with Gasteiger partial charge in [-0.15, -0.1) is 0 Å². The number of hydrogen-bond donors (Lipinski definition) is 2. The van der Waals surface area contributed by atoms with Crippen molar-refractivity contribution in [3.63, 3.8) is 0 Å². The number of methoxy groups -OCH3 is 2. The average molecular weight is 594 g/mol. The Morgan fingerprint density at radius 3 is 1.70 bits per heavy atom. The Morgan fingerprint density at radius 1 is 0.767 bits per heavy atom. The molecule has 3 aromatic rings. The smallest absolute Gasteiger partial charge is 0.353 e. The zero-order chi connectivity index (χ0) is 30.7. The molecule has 0 aliphatic carbocycles. The molecule has 1 aliphatic rings. The molecule has 1 aliphatic heterocycles. The number of benzene rings is 3. The fourth-order valence-corrected chi connectivity index (χ4v) is 4.77. The summed E-state index contributed by atoms with van der Waals surface area (Å²) >= 11 is 0. The first-order valence-corrected chi connectivity index (χ1v) is 13.6. The normalized spacial score (nSPS) is 21.3. The standard InChI is InChI=1S/C32H35NO10/c1-38-30(34)32(36,31(35)39-2)29-26(33-37)28(42-20-24-16-10-5-11-17-24)27(41-19-23-14-8-4-9-15-23)25(43-29)21-40-18-22-12-6-3-7-13-22/h3-17,25,27-29,36-37H,18-21H2,1-2H3/b33-26+/t25-,27+,28-,29+/m1/s1. The molecule has 11 nitrogen and oxygen atoms in total. The molecule has 4 atom stereocenters. The molecule has 43 heavy (non-hydrogen) atoms. The van der Waals surface area contributed by atoms with E-state index in [1.807, 2.05) is 91.0 Å². The predicted molar refractivity (Wildman–Crippen MR) is 153 cm³/mol. The van der Waals surface area contributed by atoms with Crippen LogP contribution in [0.3, 0.4) is 0 Å². The van der Waals surface area contributed by atoms with Gasteiger partial charge in [-0.25, -0.2) is 9.59 Å². The largest absolute Gasteiger partial charge is 0.466 e. The molecule has 0 radical (unpaired) electrons. The van der Waals surface area contributed by atoms with Gasteiger partial charge in [-0.3, -0.25) is 0 Å². The van der Waals surface area contributed by atoms with Gasteiger partial charge in [0, 0.05) is 0 Å². The van der Waals surface area contributed by atoms with Crippen LogP contribution in [0.4, 0.5) is 0 Å². The van der Waals surface area contributed by atoms with Crippen molar-refractivity contribution in [1.82, 2.24) is 0 Å². The summed E-state index contributed by atoms with van der Waals surface area (Å²) in [6.45, 7) is 0.268. The van der Waals surface area contributed by atoms with Crippen LogP contribution in [0, 0.1) is 0 Å². The molecule has 4 rings (SSSR count). The van der Waals surface area contributed by atoms with Crippen molar-refractivity contribution in [3.05, 3.63) is 108 Å². The van der Waals surface area contributed by atoms with E-state index in [1.165, 1.54) is 0 Å². The van der Waals surface area contributed by atoms with E-state index in [0.717, 1.165) is 30.9 Å². The summed E-state index contributed by atoms with van der Waals surface area (Å²) in [6.07, 6.45) is -5.08. The summed E-state index contributed by atoms with van der Waals surface area (Å²) in [5.41, 5.74) is -0.879. The zero-order valence-corrected chi connectivity index (χ0v) is 23.9. The van der Waals surface area contributed by atoms with E-state index in [-0.39, 0.29) is 32.1 Å². The molecule has 1 fully saturated rings. The number of rotatable bonds is 13. The van der Waals surface area contributed by atoms with E-state index >= 15 is 0 Å². The molecular formula is C32H35NO10. The highest BCUT2D eigenvalue weighted by Gasteiger charge is 2.62. The molecule has 11 heteroatoms. The number of carbonyl (C=O) groups is 2. The lowest BCUT2D eigenvalue weighted by Crippen LogP contribution is -2.69. The topological polar surface area (TPSA) is 142 Å². The van der Waals surface area contributed by atoms with Gasteiger partial charge in [-0.2, -0.15) is 0 Å². The molecular weight excluding hydrogens is 558 g/mol. The van der Waals surface area contributed by atoms with Gasteiger partial charge in [0.15, 0.2) is 6.10 Å². The Kier molecular flexibility index (Phi) is 11.4. The van der Waals surface area contributed by atoms with Gasteiger partial charge in [-0.05, 0) is 16.7 Å². The quantitative estimate of drug-likeness (QED) is 0.131. The van der Waals surface area contributed by atoms with Crippen molar-refractivity contribution in [1.29, 1.82) is 0 Å². The number of ether oxygens (including phenoxy) is 6. The third kappa shape index (κ3) is 7.64. The summed E-state index contributed by atoms with van der Waals surface area (Å²) in [7, 11) is 1.98. The summed E-state index contributed by atoms with van der Waals surface area (Å²) in [6, 6.07) is 28.0. The lowest BCUT2D eigenvalue weighted by atomic mass is 9.85. The number of nitrogens with zero attached hydrogens (tertiary/aromatic N) is 1. The Balaban J connectivity index is 1.72. The molecule has 1 saturated heterocycles. The Bertz CT molecular complexity index is 1320. The highest BCUT2D eigenvalue weighted by molar-refractivity contribution is 6.11. The third-order valence-corrected chi connectivity index (χ3v) is 6.98. The monoisotopic (exact) mass is 593 g/mol. The minimum atomic E-state index is -3.04. The predicted octanol–water partition coefficient (Wildman–Crippen LogP) is 3.05. The van der Waals surface area contributed by atoms with Crippen molar-refractivity contribution in [3.8, 4) is 0 Å². The second-order valence-corrected chi connectivity index (χ2v) is 9.81. The Labute approximate surface area is 249 Å². The molecule has 0 saturated carbocycles. The maximum Gasteiger partial charge on any atom is 0.353 e. The number of esters is 2. The Morgan fingerprint density at radius 2 is 1.23 bits per heavy atom. The van der Waals surface area contributed by atoms with Crippen LogP contribution in [0.5, 0.6) is 0 Å². The highest BCUT2D eigenvalue weighted by Crippen LogP contribution is 2.33. The number of oxime groups is 1. The van der Waals surface area contributed by atoms with Crippen LogP contribution in [-0.2, 0) is 57.8 Å². The van der Waals surface area contributed by atoms with Gasteiger partial charge in [-0.1, -0.05) is 96.2 Å². The van der Waals surface area contributed by atoms with E-state index in [4.69, 9.17) is 28.4 Å². The van der Waals surface area contributed by atoms with Gasteiger partial charge in [0.2, 0.25) is 0 Å². The van der Waals surface area contributed by atoms with Crippen molar-refractivity contribution in [2.45, 2.75) is 49.8 Å². The maximum absolute atomic E-state index is 12.9. The van der Waals surface area contributed by atoms with Crippen LogP contribution in [0.1, 0.15) is 16.7 Å². The fraction of sp³-hybridized carbons (Fsp3) is 0.344. The van der Waals surface area contributed by atoms with Crippen molar-refractivity contribution in [2.24, 2.45) is 5.16 Å². The van der Waals surface area contributed by atoms with Gasteiger partial charge in [0.1, 0.15) is 24.0 Å². The highest BCUT2D eigenvalue weighted by atomic mass is 16.6. The first kappa shape index (κ1) is 31.8. The van der Waals surface area contributed by atoms with Crippen molar-refractivity contribution >= 4 is 17.7 Å². The molecule has 3 aromatic carbocycles. The maximum atomic E-state index is 12.9. The molecule has 0 aromatic heterocycles.